The SMILES string of the molecule is CC(CNc1ncc(Br)cc1Cl)N1CCCCC1. The van der Waals surface area contributed by atoms with Gasteiger partial charge in [-0.3, -0.25) is 4.90 Å². The fourth-order valence-corrected chi connectivity index (χ4v) is 2.97. The maximum absolute atomic E-state index is 6.13. The fourth-order valence-electron chi connectivity index (χ4n) is 2.28. The predicted octanol–water partition coefficient (Wildman–Crippen LogP) is 3.78. The Hall–Kier alpha value is -0.320. The van der Waals surface area contributed by atoms with Crippen molar-refractivity contribution < 1.29 is 0 Å². The van der Waals surface area contributed by atoms with Crippen molar-refractivity contribution in [1.29, 1.82) is 0 Å². The Morgan fingerprint density at radius 3 is 2.83 bits per heavy atom. The molecule has 0 aliphatic carbocycles. The van der Waals surface area contributed by atoms with Crippen molar-refractivity contribution >= 4 is 33.3 Å². The van der Waals surface area contributed by atoms with E-state index in [2.05, 4.69) is 38.1 Å². The van der Waals surface area contributed by atoms with Gasteiger partial charge in [-0.05, 0) is 54.9 Å². The van der Waals surface area contributed by atoms with Gasteiger partial charge in [0.25, 0.3) is 0 Å². The Balaban J connectivity index is 1.86. The van der Waals surface area contributed by atoms with Crippen LogP contribution in [0.5, 0.6) is 0 Å². The first-order valence-corrected chi connectivity index (χ1v) is 7.63. The first-order chi connectivity index (χ1) is 8.66. The van der Waals surface area contributed by atoms with E-state index in [9.17, 15) is 0 Å². The molecule has 1 atom stereocenters. The van der Waals surface area contributed by atoms with Gasteiger partial charge in [-0.15, -0.1) is 0 Å². The van der Waals surface area contributed by atoms with Crippen LogP contribution in [-0.2, 0) is 0 Å². The summed E-state index contributed by atoms with van der Waals surface area (Å²) in [5.74, 6) is 0.767. The topological polar surface area (TPSA) is 28.2 Å². The molecule has 0 bridgehead atoms. The number of hydrogen-bond acceptors (Lipinski definition) is 3. The van der Waals surface area contributed by atoms with Crippen LogP contribution in [0.25, 0.3) is 0 Å². The standard InChI is InChI=1S/C13H19BrClN3/c1-10(18-5-3-2-4-6-18)8-16-13-12(15)7-11(14)9-17-13/h7,9-10H,2-6,8H2,1H3,(H,16,17). The Bertz CT molecular complexity index is 394. The van der Waals surface area contributed by atoms with Gasteiger partial charge < -0.3 is 5.32 Å². The van der Waals surface area contributed by atoms with E-state index in [1.54, 1.807) is 6.20 Å². The summed E-state index contributed by atoms with van der Waals surface area (Å²) < 4.78 is 0.905. The van der Waals surface area contributed by atoms with E-state index in [1.165, 1.54) is 32.4 Å². The lowest BCUT2D eigenvalue weighted by atomic mass is 10.1. The highest BCUT2D eigenvalue weighted by molar-refractivity contribution is 9.10. The molecular formula is C13H19BrClN3. The van der Waals surface area contributed by atoms with Crippen LogP contribution in [0.1, 0.15) is 26.2 Å². The third-order valence-electron chi connectivity index (χ3n) is 3.39. The molecule has 1 aliphatic heterocycles. The zero-order valence-electron chi connectivity index (χ0n) is 10.6. The summed E-state index contributed by atoms with van der Waals surface area (Å²) in [6, 6.07) is 2.38. The first-order valence-electron chi connectivity index (χ1n) is 6.46. The monoisotopic (exact) mass is 331 g/mol. The first kappa shape index (κ1) is 14.1. The van der Waals surface area contributed by atoms with Crippen LogP contribution in [0.4, 0.5) is 5.82 Å². The minimum absolute atomic E-state index is 0.520. The highest BCUT2D eigenvalue weighted by Gasteiger charge is 2.16. The molecule has 5 heteroatoms. The second-order valence-corrected chi connectivity index (χ2v) is 6.13. The molecule has 0 saturated carbocycles. The van der Waals surface area contributed by atoms with E-state index in [0.717, 1.165) is 16.8 Å². The molecule has 1 N–H and O–H groups in total. The molecule has 0 spiro atoms. The van der Waals surface area contributed by atoms with Crippen LogP contribution in [0.2, 0.25) is 5.02 Å². The Kier molecular flexibility index (Phi) is 5.27. The number of nitrogens with one attached hydrogen (secondary N) is 1. The van der Waals surface area contributed by atoms with Gasteiger partial charge >= 0.3 is 0 Å². The van der Waals surface area contributed by atoms with Crippen LogP contribution >= 0.6 is 27.5 Å². The van der Waals surface area contributed by atoms with Gasteiger partial charge in [0.05, 0.1) is 5.02 Å². The number of nitrogens with zero attached hydrogens (tertiary/aromatic N) is 2. The van der Waals surface area contributed by atoms with Crippen LogP contribution in [0, 0.1) is 0 Å². The predicted molar refractivity (Wildman–Crippen MR) is 80.3 cm³/mol. The summed E-state index contributed by atoms with van der Waals surface area (Å²) in [5.41, 5.74) is 0. The molecule has 1 unspecified atom stereocenters. The van der Waals surface area contributed by atoms with Crippen molar-refractivity contribution in [3.63, 3.8) is 0 Å². The zero-order chi connectivity index (χ0) is 13.0. The van der Waals surface area contributed by atoms with E-state index in [4.69, 9.17) is 11.6 Å². The summed E-state index contributed by atoms with van der Waals surface area (Å²) in [7, 11) is 0. The maximum Gasteiger partial charge on any atom is 0.144 e. The van der Waals surface area contributed by atoms with Crippen molar-refractivity contribution in [2.75, 3.05) is 25.0 Å². The van der Waals surface area contributed by atoms with Crippen molar-refractivity contribution in [2.45, 2.75) is 32.2 Å². The third kappa shape index (κ3) is 3.84. The molecular weight excluding hydrogens is 314 g/mol. The van der Waals surface area contributed by atoms with Crippen molar-refractivity contribution in [2.24, 2.45) is 0 Å². The van der Waals surface area contributed by atoms with Crippen molar-refractivity contribution in [3.05, 3.63) is 21.8 Å². The minimum Gasteiger partial charge on any atom is -0.367 e. The van der Waals surface area contributed by atoms with E-state index < -0.39 is 0 Å². The molecule has 0 amide bonds. The molecule has 1 saturated heterocycles. The van der Waals surface area contributed by atoms with Crippen molar-refractivity contribution in [1.82, 2.24) is 9.88 Å². The molecule has 2 heterocycles. The van der Waals surface area contributed by atoms with Crippen LogP contribution < -0.4 is 5.32 Å². The van der Waals surface area contributed by atoms with Gasteiger partial charge in [0.1, 0.15) is 5.82 Å². The van der Waals surface area contributed by atoms with Gasteiger partial charge in [0.2, 0.25) is 0 Å². The van der Waals surface area contributed by atoms with Gasteiger partial charge in [-0.2, -0.15) is 0 Å². The Labute approximate surface area is 122 Å². The summed E-state index contributed by atoms with van der Waals surface area (Å²) in [4.78, 5) is 6.82. The second-order valence-electron chi connectivity index (χ2n) is 4.81. The van der Waals surface area contributed by atoms with Gasteiger partial charge in [-0.1, -0.05) is 18.0 Å². The summed E-state index contributed by atoms with van der Waals surface area (Å²) >= 11 is 9.49. The number of hydrogen-bond donors (Lipinski definition) is 1. The summed E-state index contributed by atoms with van der Waals surface area (Å²) in [6.45, 7) is 5.56. The van der Waals surface area contributed by atoms with E-state index in [0.29, 0.717) is 11.1 Å². The number of likely N-dealkylation sites (tertiary alicyclic amines) is 1. The van der Waals surface area contributed by atoms with E-state index in [-0.39, 0.29) is 0 Å². The largest absolute Gasteiger partial charge is 0.367 e. The van der Waals surface area contributed by atoms with Crippen LogP contribution in [0.3, 0.4) is 0 Å². The average molecular weight is 333 g/mol. The molecule has 1 fully saturated rings. The smallest absolute Gasteiger partial charge is 0.144 e. The molecule has 1 aliphatic rings. The number of anilines is 1. The highest BCUT2D eigenvalue weighted by Crippen LogP contribution is 2.23. The van der Waals surface area contributed by atoms with E-state index >= 15 is 0 Å². The number of piperidine rings is 1. The number of aromatic nitrogens is 1. The molecule has 3 nitrogen and oxygen atoms in total. The average Bonchev–Trinajstić information content (AvgIpc) is 2.38. The number of pyridine rings is 1. The quantitative estimate of drug-likeness (QED) is 0.909. The molecule has 0 radical (unpaired) electrons. The summed E-state index contributed by atoms with van der Waals surface area (Å²) in [5, 5.41) is 3.99. The molecule has 2 rings (SSSR count). The lowest BCUT2D eigenvalue weighted by Crippen LogP contribution is -2.41. The molecule has 0 aromatic carbocycles. The van der Waals surface area contributed by atoms with Crippen LogP contribution in [0.15, 0.2) is 16.7 Å². The number of rotatable bonds is 4. The summed E-state index contributed by atoms with van der Waals surface area (Å²) in [6.07, 6.45) is 5.78. The lowest BCUT2D eigenvalue weighted by Gasteiger charge is -2.32. The maximum atomic E-state index is 6.13. The van der Waals surface area contributed by atoms with Gasteiger partial charge in [-0.25, -0.2) is 4.98 Å². The molecule has 18 heavy (non-hydrogen) atoms. The van der Waals surface area contributed by atoms with Crippen molar-refractivity contribution in [3.8, 4) is 0 Å². The lowest BCUT2D eigenvalue weighted by molar-refractivity contribution is 0.180. The third-order valence-corrected chi connectivity index (χ3v) is 4.11. The molecule has 100 valence electrons. The zero-order valence-corrected chi connectivity index (χ0v) is 13.0. The van der Waals surface area contributed by atoms with Gasteiger partial charge in [0, 0.05) is 23.3 Å². The second kappa shape index (κ2) is 6.73. The normalized spacial score (nSPS) is 18.6. The van der Waals surface area contributed by atoms with Crippen LogP contribution in [-0.4, -0.2) is 35.6 Å². The fraction of sp³-hybridized carbons (Fsp3) is 0.615. The molecule has 1 aromatic rings. The Morgan fingerprint density at radius 1 is 1.44 bits per heavy atom. The van der Waals surface area contributed by atoms with Gasteiger partial charge in [0.15, 0.2) is 0 Å². The number of halogens is 2. The minimum atomic E-state index is 0.520. The van der Waals surface area contributed by atoms with E-state index in [1.807, 2.05) is 6.07 Å². The highest BCUT2D eigenvalue weighted by atomic mass is 79.9. The molecule has 1 aromatic heterocycles. The Morgan fingerprint density at radius 2 is 2.17 bits per heavy atom.